The van der Waals surface area contributed by atoms with Crippen LogP contribution in [0.25, 0.3) is 0 Å². The zero-order chi connectivity index (χ0) is 17.2. The predicted octanol–water partition coefficient (Wildman–Crippen LogP) is 1.52. The van der Waals surface area contributed by atoms with Crippen LogP contribution in [-0.2, 0) is 14.3 Å². The Morgan fingerprint density at radius 3 is 2.21 bits per heavy atom. The van der Waals surface area contributed by atoms with Gasteiger partial charge in [0, 0.05) is 26.2 Å². The highest BCUT2D eigenvalue weighted by Crippen LogP contribution is 1.87. The average Bonchev–Trinajstić information content (AvgIpc) is 2.56. The van der Waals surface area contributed by atoms with Crippen molar-refractivity contribution in [2.45, 2.75) is 40.0 Å². The molecule has 0 saturated heterocycles. The monoisotopic (exact) mass is 458 g/mol. The molecule has 0 aliphatic heterocycles. The Kier molecular flexibility index (Phi) is 21.8. The summed E-state index contributed by atoms with van der Waals surface area (Å²) < 4.78 is 10.9. The Morgan fingerprint density at radius 1 is 0.875 bits per heavy atom. The summed E-state index contributed by atoms with van der Waals surface area (Å²) in [6.45, 7) is 10.9. The summed E-state index contributed by atoms with van der Waals surface area (Å²) in [6, 6.07) is 0. The fourth-order valence-electron chi connectivity index (χ4n) is 1.62. The van der Waals surface area contributed by atoms with Crippen LogP contribution in [0.4, 0.5) is 0 Å². The molecular formula is C16H35IN4O3. The van der Waals surface area contributed by atoms with Crippen LogP contribution in [-0.4, -0.2) is 64.5 Å². The van der Waals surface area contributed by atoms with E-state index in [2.05, 4.69) is 27.9 Å². The molecule has 0 rings (SSSR count). The lowest BCUT2D eigenvalue weighted by Gasteiger charge is -2.11. The molecule has 0 spiro atoms. The molecule has 0 unspecified atom stereocenters. The van der Waals surface area contributed by atoms with E-state index < -0.39 is 0 Å². The van der Waals surface area contributed by atoms with Gasteiger partial charge in [0.05, 0.1) is 19.8 Å². The summed E-state index contributed by atoms with van der Waals surface area (Å²) in [6.07, 6.45) is 3.16. The molecule has 24 heavy (non-hydrogen) atoms. The van der Waals surface area contributed by atoms with Gasteiger partial charge in [-0.15, -0.1) is 24.0 Å². The molecule has 144 valence electrons. The number of carbonyl (C=O) groups is 1. The number of halogens is 1. The van der Waals surface area contributed by atoms with Crippen LogP contribution in [0.1, 0.15) is 40.0 Å². The van der Waals surface area contributed by atoms with Gasteiger partial charge in [-0.3, -0.25) is 4.79 Å². The molecule has 0 radical (unpaired) electrons. The van der Waals surface area contributed by atoms with E-state index in [0.717, 1.165) is 32.4 Å². The van der Waals surface area contributed by atoms with Crippen LogP contribution in [0.3, 0.4) is 0 Å². The second-order valence-corrected chi connectivity index (χ2v) is 5.05. The Bertz CT molecular complexity index is 318. The summed E-state index contributed by atoms with van der Waals surface area (Å²) >= 11 is 0. The van der Waals surface area contributed by atoms with E-state index in [9.17, 15) is 4.79 Å². The lowest BCUT2D eigenvalue weighted by molar-refractivity contribution is -0.119. The van der Waals surface area contributed by atoms with Crippen molar-refractivity contribution in [3.8, 4) is 0 Å². The fourth-order valence-corrected chi connectivity index (χ4v) is 1.62. The smallest absolute Gasteiger partial charge is 0.241 e. The van der Waals surface area contributed by atoms with Gasteiger partial charge < -0.3 is 25.4 Å². The molecule has 0 aromatic carbocycles. The van der Waals surface area contributed by atoms with Gasteiger partial charge >= 0.3 is 0 Å². The molecular weight excluding hydrogens is 423 g/mol. The Hall–Kier alpha value is -0.610. The van der Waals surface area contributed by atoms with Crippen LogP contribution in [0.15, 0.2) is 4.99 Å². The molecule has 0 heterocycles. The van der Waals surface area contributed by atoms with E-state index in [-0.39, 0.29) is 36.4 Å². The number of carbonyl (C=O) groups excluding carboxylic acids is 1. The maximum atomic E-state index is 11.5. The van der Waals surface area contributed by atoms with Crippen LogP contribution in [0.5, 0.6) is 0 Å². The van der Waals surface area contributed by atoms with Crippen molar-refractivity contribution < 1.29 is 14.3 Å². The van der Waals surface area contributed by atoms with Crippen molar-refractivity contribution >= 4 is 35.8 Å². The van der Waals surface area contributed by atoms with E-state index in [1.54, 1.807) is 0 Å². The Morgan fingerprint density at radius 2 is 1.58 bits per heavy atom. The second kappa shape index (κ2) is 20.4. The van der Waals surface area contributed by atoms with Crippen LogP contribution in [0, 0.1) is 0 Å². The number of rotatable bonds is 14. The SMILES string of the molecule is CCCCOCCOCCNC(=NCC(=O)NCCC)NCC.I. The summed E-state index contributed by atoms with van der Waals surface area (Å²) in [5.41, 5.74) is 0. The van der Waals surface area contributed by atoms with Gasteiger partial charge in [-0.2, -0.15) is 0 Å². The molecule has 0 atom stereocenters. The van der Waals surface area contributed by atoms with E-state index in [4.69, 9.17) is 9.47 Å². The standard InChI is InChI=1S/C16H34N4O3.HI/c1-4-7-10-22-12-13-23-11-9-19-16(17-6-3)20-14-15(21)18-8-5-2;/h4-14H2,1-3H3,(H,18,21)(H2,17,19,20);1H. The number of amides is 1. The zero-order valence-electron chi connectivity index (χ0n) is 15.4. The van der Waals surface area contributed by atoms with Gasteiger partial charge in [-0.1, -0.05) is 20.3 Å². The number of hydrogen-bond acceptors (Lipinski definition) is 4. The third kappa shape index (κ3) is 17.7. The molecule has 0 fully saturated rings. The minimum atomic E-state index is -0.0652. The maximum absolute atomic E-state index is 11.5. The molecule has 1 amide bonds. The highest BCUT2D eigenvalue weighted by Gasteiger charge is 2.01. The van der Waals surface area contributed by atoms with Crippen molar-refractivity contribution in [2.24, 2.45) is 4.99 Å². The Labute approximate surface area is 163 Å². The first-order chi connectivity index (χ1) is 11.2. The molecule has 0 aromatic rings. The van der Waals surface area contributed by atoms with E-state index in [0.29, 0.717) is 38.9 Å². The third-order valence-corrected chi connectivity index (χ3v) is 2.85. The van der Waals surface area contributed by atoms with Crippen molar-refractivity contribution in [1.82, 2.24) is 16.0 Å². The second-order valence-electron chi connectivity index (χ2n) is 5.05. The van der Waals surface area contributed by atoms with Gasteiger partial charge in [0.2, 0.25) is 5.91 Å². The maximum Gasteiger partial charge on any atom is 0.241 e. The number of guanidine groups is 1. The molecule has 0 aliphatic carbocycles. The third-order valence-electron chi connectivity index (χ3n) is 2.85. The first-order valence-electron chi connectivity index (χ1n) is 8.68. The van der Waals surface area contributed by atoms with Crippen LogP contribution >= 0.6 is 24.0 Å². The van der Waals surface area contributed by atoms with Gasteiger partial charge in [-0.05, 0) is 19.8 Å². The summed E-state index contributed by atoms with van der Waals surface area (Å²) in [7, 11) is 0. The molecule has 0 bridgehead atoms. The fraction of sp³-hybridized carbons (Fsp3) is 0.875. The number of unbranched alkanes of at least 4 members (excludes halogenated alkanes) is 1. The first kappa shape index (κ1) is 25.6. The van der Waals surface area contributed by atoms with Gasteiger partial charge in [0.1, 0.15) is 6.54 Å². The van der Waals surface area contributed by atoms with Crippen LogP contribution < -0.4 is 16.0 Å². The Balaban J connectivity index is 0. The first-order valence-corrected chi connectivity index (χ1v) is 8.68. The lowest BCUT2D eigenvalue weighted by Crippen LogP contribution is -2.40. The van der Waals surface area contributed by atoms with E-state index in [1.807, 2.05) is 13.8 Å². The number of nitrogens with zero attached hydrogens (tertiary/aromatic N) is 1. The normalized spacial score (nSPS) is 10.9. The summed E-state index contributed by atoms with van der Waals surface area (Å²) in [4.78, 5) is 15.8. The molecule has 0 aromatic heterocycles. The zero-order valence-corrected chi connectivity index (χ0v) is 17.7. The number of nitrogens with one attached hydrogen (secondary N) is 3. The van der Waals surface area contributed by atoms with Crippen molar-refractivity contribution in [2.75, 3.05) is 52.6 Å². The average molecular weight is 458 g/mol. The van der Waals surface area contributed by atoms with E-state index in [1.165, 1.54) is 0 Å². The van der Waals surface area contributed by atoms with Crippen LogP contribution in [0.2, 0.25) is 0 Å². The topological polar surface area (TPSA) is 84.0 Å². The minimum absolute atomic E-state index is 0. The number of aliphatic imine (C=N–C) groups is 1. The minimum Gasteiger partial charge on any atom is -0.379 e. The molecule has 0 saturated carbocycles. The van der Waals surface area contributed by atoms with Crippen molar-refractivity contribution in [3.63, 3.8) is 0 Å². The summed E-state index contributed by atoms with van der Waals surface area (Å²) in [5.74, 6) is 0.562. The number of hydrogen-bond donors (Lipinski definition) is 3. The highest BCUT2D eigenvalue weighted by atomic mass is 127. The largest absolute Gasteiger partial charge is 0.379 e. The van der Waals surface area contributed by atoms with Gasteiger partial charge in [0.15, 0.2) is 5.96 Å². The number of ether oxygens (including phenoxy) is 2. The predicted molar refractivity (Wildman–Crippen MR) is 109 cm³/mol. The van der Waals surface area contributed by atoms with E-state index >= 15 is 0 Å². The lowest BCUT2D eigenvalue weighted by atomic mass is 10.4. The quantitative estimate of drug-likeness (QED) is 0.159. The molecule has 7 nitrogen and oxygen atoms in total. The van der Waals surface area contributed by atoms with Gasteiger partial charge in [0.25, 0.3) is 0 Å². The van der Waals surface area contributed by atoms with Crippen molar-refractivity contribution in [3.05, 3.63) is 0 Å². The molecule has 8 heteroatoms. The molecule has 3 N–H and O–H groups in total. The highest BCUT2D eigenvalue weighted by molar-refractivity contribution is 14.0. The molecule has 0 aliphatic rings. The van der Waals surface area contributed by atoms with Crippen molar-refractivity contribution in [1.29, 1.82) is 0 Å². The van der Waals surface area contributed by atoms with Gasteiger partial charge in [-0.25, -0.2) is 4.99 Å². The summed E-state index contributed by atoms with van der Waals surface area (Å²) in [5, 5.41) is 9.03.